The average molecular weight is 308 g/mol. The van der Waals surface area contributed by atoms with Gasteiger partial charge in [0.1, 0.15) is 11.9 Å². The maximum Gasteiger partial charge on any atom is 0.240 e. The van der Waals surface area contributed by atoms with Gasteiger partial charge in [0.2, 0.25) is 5.91 Å². The highest BCUT2D eigenvalue weighted by atomic mass is 19.1. The van der Waals surface area contributed by atoms with Crippen molar-refractivity contribution in [1.29, 1.82) is 0 Å². The molecule has 2 rings (SSSR count). The molecule has 0 spiro atoms. The Labute approximate surface area is 131 Å². The van der Waals surface area contributed by atoms with E-state index in [4.69, 9.17) is 10.5 Å². The molecule has 4 nitrogen and oxygen atoms in total. The van der Waals surface area contributed by atoms with E-state index < -0.39 is 6.04 Å². The molecule has 0 radical (unpaired) electrons. The number of hydrogen-bond donors (Lipinski definition) is 1. The SMILES string of the molecule is CC1CN(C(=O)[C@@H](N)C(C)(C)C)CC(c2ccc(F)cc2)O1. The Hall–Kier alpha value is -1.46. The second kappa shape index (κ2) is 6.34. The van der Waals surface area contributed by atoms with Crippen LogP contribution < -0.4 is 5.73 Å². The lowest BCUT2D eigenvalue weighted by Crippen LogP contribution is -2.55. The quantitative estimate of drug-likeness (QED) is 0.913. The van der Waals surface area contributed by atoms with Crippen LogP contribution in [-0.4, -0.2) is 36.0 Å². The van der Waals surface area contributed by atoms with E-state index in [2.05, 4.69) is 0 Å². The van der Waals surface area contributed by atoms with Crippen molar-refractivity contribution in [2.45, 2.75) is 45.9 Å². The number of hydrogen-bond acceptors (Lipinski definition) is 3. The van der Waals surface area contributed by atoms with Crippen LogP contribution in [0.5, 0.6) is 0 Å². The summed E-state index contributed by atoms with van der Waals surface area (Å²) in [5.41, 5.74) is 6.68. The van der Waals surface area contributed by atoms with Crippen LogP contribution in [0.2, 0.25) is 0 Å². The van der Waals surface area contributed by atoms with Gasteiger partial charge in [-0.1, -0.05) is 32.9 Å². The summed E-state index contributed by atoms with van der Waals surface area (Å²) in [7, 11) is 0. The Kier molecular flexibility index (Phi) is 4.87. The Balaban J connectivity index is 2.14. The fourth-order valence-electron chi connectivity index (χ4n) is 2.56. The van der Waals surface area contributed by atoms with Crippen molar-refractivity contribution in [3.8, 4) is 0 Å². The van der Waals surface area contributed by atoms with Crippen LogP contribution in [0.1, 0.15) is 39.4 Å². The molecule has 1 heterocycles. The fourth-order valence-corrected chi connectivity index (χ4v) is 2.56. The third-order valence-corrected chi connectivity index (χ3v) is 4.01. The minimum absolute atomic E-state index is 0.0604. The molecule has 5 heteroatoms. The smallest absolute Gasteiger partial charge is 0.240 e. The number of benzene rings is 1. The molecule has 0 bridgehead atoms. The summed E-state index contributed by atoms with van der Waals surface area (Å²) in [5, 5.41) is 0. The van der Waals surface area contributed by atoms with E-state index in [9.17, 15) is 9.18 Å². The predicted octanol–water partition coefficient (Wildman–Crippen LogP) is 2.49. The highest BCUT2D eigenvalue weighted by Gasteiger charge is 2.35. The molecule has 0 aliphatic carbocycles. The van der Waals surface area contributed by atoms with Gasteiger partial charge in [-0.3, -0.25) is 4.79 Å². The Morgan fingerprint density at radius 2 is 1.91 bits per heavy atom. The average Bonchev–Trinajstić information content (AvgIpc) is 2.44. The lowest BCUT2D eigenvalue weighted by molar-refractivity contribution is -0.148. The monoisotopic (exact) mass is 308 g/mol. The van der Waals surface area contributed by atoms with Gasteiger partial charge in [0.05, 0.1) is 18.7 Å². The second-order valence-electron chi connectivity index (χ2n) is 7.07. The highest BCUT2D eigenvalue weighted by molar-refractivity contribution is 5.82. The molecule has 122 valence electrons. The van der Waals surface area contributed by atoms with Gasteiger partial charge in [0, 0.05) is 6.54 Å². The van der Waals surface area contributed by atoms with Crippen molar-refractivity contribution < 1.29 is 13.9 Å². The van der Waals surface area contributed by atoms with Crippen molar-refractivity contribution in [3.63, 3.8) is 0 Å². The van der Waals surface area contributed by atoms with Gasteiger partial charge < -0.3 is 15.4 Å². The van der Waals surface area contributed by atoms with Gasteiger partial charge in [-0.2, -0.15) is 0 Å². The van der Waals surface area contributed by atoms with Crippen molar-refractivity contribution in [2.75, 3.05) is 13.1 Å². The maximum absolute atomic E-state index is 13.1. The zero-order chi connectivity index (χ0) is 16.5. The van der Waals surface area contributed by atoms with Gasteiger partial charge in [0.15, 0.2) is 0 Å². The van der Waals surface area contributed by atoms with Crippen molar-refractivity contribution in [2.24, 2.45) is 11.1 Å². The number of rotatable bonds is 2. The molecule has 1 saturated heterocycles. The third-order valence-electron chi connectivity index (χ3n) is 4.01. The highest BCUT2D eigenvalue weighted by Crippen LogP contribution is 2.27. The predicted molar refractivity (Wildman–Crippen MR) is 83.7 cm³/mol. The molecule has 1 amide bonds. The van der Waals surface area contributed by atoms with Crippen molar-refractivity contribution >= 4 is 5.91 Å². The van der Waals surface area contributed by atoms with Crippen LogP contribution in [0.15, 0.2) is 24.3 Å². The van der Waals surface area contributed by atoms with Crippen LogP contribution in [-0.2, 0) is 9.53 Å². The zero-order valence-corrected chi connectivity index (χ0v) is 13.7. The minimum Gasteiger partial charge on any atom is -0.367 e. The molecule has 0 aromatic heterocycles. The number of morpholine rings is 1. The molecule has 0 saturated carbocycles. The van der Waals surface area contributed by atoms with Gasteiger partial charge in [-0.15, -0.1) is 0 Å². The number of amides is 1. The summed E-state index contributed by atoms with van der Waals surface area (Å²) < 4.78 is 19.0. The first-order chi connectivity index (χ1) is 10.2. The topological polar surface area (TPSA) is 55.6 Å². The number of nitrogens with zero attached hydrogens (tertiary/aromatic N) is 1. The summed E-state index contributed by atoms with van der Waals surface area (Å²) in [6.07, 6.45) is -0.333. The first-order valence-corrected chi connectivity index (χ1v) is 7.64. The molecular formula is C17H25FN2O2. The fraction of sp³-hybridized carbons (Fsp3) is 0.588. The van der Waals surface area contributed by atoms with E-state index in [0.29, 0.717) is 13.1 Å². The van der Waals surface area contributed by atoms with Crippen LogP contribution in [0, 0.1) is 11.2 Å². The van der Waals surface area contributed by atoms with E-state index in [1.807, 2.05) is 27.7 Å². The lowest BCUT2D eigenvalue weighted by Gasteiger charge is -2.40. The summed E-state index contributed by atoms with van der Waals surface area (Å²) in [6.45, 7) is 8.77. The third kappa shape index (κ3) is 3.84. The van der Waals surface area contributed by atoms with Crippen LogP contribution in [0.4, 0.5) is 4.39 Å². The number of halogens is 1. The first kappa shape index (κ1) is 16.9. The van der Waals surface area contributed by atoms with E-state index in [1.165, 1.54) is 12.1 Å². The normalized spacial score (nSPS) is 24.2. The largest absolute Gasteiger partial charge is 0.367 e. The Morgan fingerprint density at radius 3 is 2.45 bits per heavy atom. The Morgan fingerprint density at radius 1 is 1.32 bits per heavy atom. The van der Waals surface area contributed by atoms with E-state index in [-0.39, 0.29) is 29.3 Å². The molecule has 2 unspecified atom stereocenters. The second-order valence-corrected chi connectivity index (χ2v) is 7.07. The summed E-state index contributed by atoms with van der Waals surface area (Å²) in [5.74, 6) is -0.343. The van der Waals surface area contributed by atoms with E-state index in [1.54, 1.807) is 17.0 Å². The van der Waals surface area contributed by atoms with Crippen LogP contribution >= 0.6 is 0 Å². The van der Waals surface area contributed by atoms with Crippen LogP contribution in [0.25, 0.3) is 0 Å². The summed E-state index contributed by atoms with van der Waals surface area (Å²) in [6, 6.07) is 5.66. The number of ether oxygens (including phenoxy) is 1. The van der Waals surface area contributed by atoms with E-state index >= 15 is 0 Å². The van der Waals surface area contributed by atoms with Gasteiger partial charge in [-0.05, 0) is 30.0 Å². The molecule has 1 fully saturated rings. The lowest BCUT2D eigenvalue weighted by atomic mass is 9.86. The number of nitrogens with two attached hydrogens (primary N) is 1. The zero-order valence-electron chi connectivity index (χ0n) is 13.7. The molecule has 1 aliphatic rings. The summed E-state index contributed by atoms with van der Waals surface area (Å²) >= 11 is 0. The molecular weight excluding hydrogens is 283 g/mol. The number of carbonyl (C=O) groups is 1. The minimum atomic E-state index is -0.549. The molecule has 22 heavy (non-hydrogen) atoms. The maximum atomic E-state index is 13.1. The van der Waals surface area contributed by atoms with E-state index in [0.717, 1.165) is 5.56 Å². The molecule has 1 aromatic carbocycles. The Bertz CT molecular complexity index is 524. The molecule has 1 aliphatic heterocycles. The van der Waals surface area contributed by atoms with Gasteiger partial charge in [0.25, 0.3) is 0 Å². The standard InChI is InChI=1S/C17H25FN2O2/c1-11-9-20(16(21)15(19)17(2,3)4)10-14(22-11)12-5-7-13(18)8-6-12/h5-8,11,14-15H,9-10,19H2,1-4H3/t11?,14?,15-/m1/s1. The molecule has 3 atom stereocenters. The van der Waals surface area contributed by atoms with Crippen molar-refractivity contribution in [1.82, 2.24) is 4.90 Å². The van der Waals surface area contributed by atoms with Gasteiger partial charge in [-0.25, -0.2) is 4.39 Å². The summed E-state index contributed by atoms with van der Waals surface area (Å²) in [4.78, 5) is 14.4. The molecule has 2 N–H and O–H groups in total. The first-order valence-electron chi connectivity index (χ1n) is 7.64. The van der Waals surface area contributed by atoms with Gasteiger partial charge >= 0.3 is 0 Å². The molecule has 1 aromatic rings. The van der Waals surface area contributed by atoms with Crippen LogP contribution in [0.3, 0.4) is 0 Å². The van der Waals surface area contributed by atoms with Crippen molar-refractivity contribution in [3.05, 3.63) is 35.6 Å². The number of carbonyl (C=O) groups excluding carboxylic acids is 1.